The van der Waals surface area contributed by atoms with Gasteiger partial charge in [0.1, 0.15) is 0 Å². The molecule has 0 aliphatic carbocycles. The molecular formula is C2H9AlLiOTa-. The Labute approximate surface area is 78.2 Å². The molecule has 0 rings (SSSR count). The Morgan fingerprint density at radius 3 is 1.67 bits per heavy atom. The molecule has 0 heterocycles. The summed E-state index contributed by atoms with van der Waals surface area (Å²) in [5, 5.41) is 7.44. The van der Waals surface area contributed by atoms with Crippen molar-refractivity contribution in [3.05, 3.63) is 6.61 Å². The molecule has 4 heteroatoms. The van der Waals surface area contributed by atoms with E-state index < -0.39 is 0 Å². The summed E-state index contributed by atoms with van der Waals surface area (Å²) >= 11 is 0. The first-order valence-corrected chi connectivity index (χ1v) is 0.836. The average Bonchev–Trinajstić information content (AvgIpc) is 0.918. The van der Waals surface area contributed by atoms with E-state index >= 15 is 0 Å². The van der Waals surface area contributed by atoms with Crippen LogP contribution < -0.4 is 18.9 Å². The largest absolute Gasteiger partial charge is 1.00 e. The molecule has 0 aromatic heterocycles. The monoisotopic (exact) mass is 264 g/mol. The van der Waals surface area contributed by atoms with Crippen LogP contribution in [0.1, 0.15) is 8.35 Å². The van der Waals surface area contributed by atoms with Crippen molar-refractivity contribution in [1.29, 1.82) is 0 Å². The van der Waals surface area contributed by atoms with Crippen molar-refractivity contribution in [1.82, 2.24) is 0 Å². The van der Waals surface area contributed by atoms with Crippen LogP contribution in [-0.2, 0) is 22.4 Å². The summed E-state index contributed by atoms with van der Waals surface area (Å²) < 4.78 is 0. The molecule has 0 saturated heterocycles. The zero-order valence-corrected chi connectivity index (χ0v) is 6.69. The van der Waals surface area contributed by atoms with Crippen LogP contribution in [0.25, 0.3) is 0 Å². The molecular weight excluding hydrogens is 255 g/mol. The van der Waals surface area contributed by atoms with Crippen molar-refractivity contribution >= 4 is 17.4 Å². The normalized spacial score (nSPS) is 3.00. The average molecular weight is 264 g/mol. The molecule has 1 radical (unpaired) electrons. The minimum atomic E-state index is 0. The summed E-state index contributed by atoms with van der Waals surface area (Å²) in [5.41, 5.74) is 0. The van der Waals surface area contributed by atoms with E-state index in [9.17, 15) is 0 Å². The topological polar surface area (TPSA) is 20.2 Å². The smallest absolute Gasteiger partial charge is 1.00 e. The van der Waals surface area contributed by atoms with Crippen molar-refractivity contribution < 1.29 is 47.8 Å². The second-order valence-electron chi connectivity index (χ2n) is 0.258. The number of aliphatic hydroxyl groups excluding tert-OH is 1. The third kappa shape index (κ3) is 40.6. The summed E-state index contributed by atoms with van der Waals surface area (Å²) in [6.07, 6.45) is 0. The van der Waals surface area contributed by atoms with Gasteiger partial charge in [0.25, 0.3) is 0 Å². The SMILES string of the molecule is C[CH-]O.[AlH3].[H-].[Li+].[Ta]. The van der Waals surface area contributed by atoms with Gasteiger partial charge >= 0.3 is 18.9 Å². The van der Waals surface area contributed by atoms with E-state index in [2.05, 4.69) is 0 Å². The molecule has 0 aliphatic rings. The van der Waals surface area contributed by atoms with Crippen molar-refractivity contribution in [2.45, 2.75) is 6.92 Å². The summed E-state index contributed by atoms with van der Waals surface area (Å²) in [5.74, 6) is 0. The van der Waals surface area contributed by atoms with E-state index in [1.807, 2.05) is 0 Å². The third-order valence-electron chi connectivity index (χ3n) is 0. The zero-order valence-electron chi connectivity index (χ0n) is 4.47. The second-order valence-corrected chi connectivity index (χ2v) is 0.258. The molecule has 1 N–H and O–H groups in total. The molecule has 33 valence electrons. The van der Waals surface area contributed by atoms with E-state index in [4.69, 9.17) is 5.11 Å². The van der Waals surface area contributed by atoms with Gasteiger partial charge in [0.05, 0.1) is 0 Å². The van der Waals surface area contributed by atoms with Gasteiger partial charge in [0, 0.05) is 22.4 Å². The first-order valence-electron chi connectivity index (χ1n) is 0.836. The van der Waals surface area contributed by atoms with E-state index in [-0.39, 0.29) is 60.0 Å². The fourth-order valence-electron chi connectivity index (χ4n) is 0. The Balaban J connectivity index is -0.00000000333. The van der Waals surface area contributed by atoms with Crippen LogP contribution in [0.4, 0.5) is 0 Å². The number of hydrogen-bond donors (Lipinski definition) is 1. The van der Waals surface area contributed by atoms with Gasteiger partial charge in [-0.15, -0.1) is 0 Å². The van der Waals surface area contributed by atoms with Crippen LogP contribution in [0.3, 0.4) is 0 Å². The van der Waals surface area contributed by atoms with Crippen LogP contribution in [0.15, 0.2) is 0 Å². The first-order chi connectivity index (χ1) is 1.41. The standard InChI is InChI=1S/C2H5O.Al.Li.Ta.4H/c1-2-3;;;;;;;/h2-3H,1H3;;;;;;;/q-1;;+1;;;;;-1. The van der Waals surface area contributed by atoms with Crippen LogP contribution in [0, 0.1) is 6.61 Å². The Bertz CT molecular complexity index is 17.7. The molecule has 0 saturated carbocycles. The van der Waals surface area contributed by atoms with Crippen LogP contribution in [-0.4, -0.2) is 22.5 Å². The van der Waals surface area contributed by atoms with Gasteiger partial charge in [-0.05, 0) is 0 Å². The van der Waals surface area contributed by atoms with E-state index in [0.29, 0.717) is 0 Å². The van der Waals surface area contributed by atoms with Crippen LogP contribution in [0.2, 0.25) is 0 Å². The molecule has 0 amide bonds. The molecule has 6 heavy (non-hydrogen) atoms. The summed E-state index contributed by atoms with van der Waals surface area (Å²) in [6, 6.07) is 0. The van der Waals surface area contributed by atoms with Crippen molar-refractivity contribution in [3.63, 3.8) is 0 Å². The fraction of sp³-hybridized carbons (Fsp3) is 0.500. The molecule has 1 nitrogen and oxygen atoms in total. The van der Waals surface area contributed by atoms with Crippen LogP contribution >= 0.6 is 0 Å². The molecule has 0 unspecified atom stereocenters. The molecule has 0 fully saturated rings. The maximum absolute atomic E-state index is 7.44. The Morgan fingerprint density at radius 2 is 1.67 bits per heavy atom. The minimum Gasteiger partial charge on any atom is -1.00 e. The molecule has 0 spiro atoms. The van der Waals surface area contributed by atoms with Gasteiger partial charge in [-0.1, -0.05) is 0 Å². The summed E-state index contributed by atoms with van der Waals surface area (Å²) in [7, 11) is 0. The van der Waals surface area contributed by atoms with Gasteiger partial charge in [0.2, 0.25) is 0 Å². The molecule has 0 atom stereocenters. The van der Waals surface area contributed by atoms with E-state index in [1.54, 1.807) is 6.92 Å². The Hall–Kier alpha value is 1.83. The summed E-state index contributed by atoms with van der Waals surface area (Å²) in [4.78, 5) is 0. The van der Waals surface area contributed by atoms with Crippen LogP contribution in [0.5, 0.6) is 0 Å². The van der Waals surface area contributed by atoms with Gasteiger partial charge in [-0.2, -0.15) is 6.92 Å². The first kappa shape index (κ1) is 24.9. The minimum absolute atomic E-state index is 0. The van der Waals surface area contributed by atoms with Gasteiger partial charge in [-0.3, -0.25) is 0 Å². The van der Waals surface area contributed by atoms with Crippen molar-refractivity contribution in [2.75, 3.05) is 0 Å². The maximum atomic E-state index is 7.44. The Morgan fingerprint density at radius 1 is 1.67 bits per heavy atom. The van der Waals surface area contributed by atoms with Crippen molar-refractivity contribution in [3.8, 4) is 0 Å². The quantitative estimate of drug-likeness (QED) is 0.355. The van der Waals surface area contributed by atoms with Gasteiger partial charge in [0.15, 0.2) is 17.4 Å². The Kier molecular flexibility index (Phi) is 120. The third-order valence-corrected chi connectivity index (χ3v) is 0. The predicted molar refractivity (Wildman–Crippen MR) is 23.0 cm³/mol. The van der Waals surface area contributed by atoms with E-state index in [1.165, 1.54) is 0 Å². The summed E-state index contributed by atoms with van der Waals surface area (Å²) in [6.45, 7) is 2.56. The molecule has 0 aromatic carbocycles. The zero-order chi connectivity index (χ0) is 2.71. The predicted octanol–water partition coefficient (Wildman–Crippen LogP) is -3.53. The van der Waals surface area contributed by atoms with Gasteiger partial charge < -0.3 is 6.53 Å². The number of rotatable bonds is 0. The maximum Gasteiger partial charge on any atom is 1.00 e. The second kappa shape index (κ2) is 29.0. The van der Waals surface area contributed by atoms with Crippen molar-refractivity contribution in [2.24, 2.45) is 0 Å². The molecule has 0 bridgehead atoms. The van der Waals surface area contributed by atoms with Gasteiger partial charge in [-0.25, -0.2) is 6.61 Å². The number of hydrogen-bond acceptors (Lipinski definition) is 1. The number of aliphatic hydroxyl groups is 1. The fourth-order valence-corrected chi connectivity index (χ4v) is 0. The molecule has 0 aromatic rings. The molecule has 0 aliphatic heterocycles. The van der Waals surface area contributed by atoms with E-state index in [0.717, 1.165) is 6.61 Å².